The maximum Gasteiger partial charge on any atom is 0.167 e. The Balaban J connectivity index is 0.00000144. The Morgan fingerprint density at radius 2 is 2.06 bits per heavy atom. The maximum absolute atomic E-state index is 13.5. The van der Waals surface area contributed by atoms with Crippen LogP contribution in [0.5, 0.6) is 5.75 Å². The Hall–Kier alpha value is -0.390. The summed E-state index contributed by atoms with van der Waals surface area (Å²) in [5.74, 6) is -1.86. The Morgan fingerprint density at radius 3 is 2.59 bits per heavy atom. The fourth-order valence-electron chi connectivity index (χ4n) is 1.77. The minimum absolute atomic E-state index is 0. The number of halogens is 4. The van der Waals surface area contributed by atoms with Crippen molar-refractivity contribution in [2.75, 3.05) is 0 Å². The molecule has 0 bridgehead atoms. The van der Waals surface area contributed by atoms with E-state index in [0.717, 1.165) is 18.9 Å². The molecule has 0 aromatic heterocycles. The van der Waals surface area contributed by atoms with Crippen LogP contribution in [0.1, 0.15) is 30.9 Å². The summed E-state index contributed by atoms with van der Waals surface area (Å²) in [7, 11) is 0. The van der Waals surface area contributed by atoms with Crippen LogP contribution in [0.3, 0.4) is 0 Å². The van der Waals surface area contributed by atoms with Gasteiger partial charge in [-0.15, -0.1) is 12.4 Å². The lowest BCUT2D eigenvalue weighted by Gasteiger charge is -2.15. The van der Waals surface area contributed by atoms with Crippen LogP contribution in [0.2, 0.25) is 0 Å². The molecule has 2 rings (SSSR count). The average molecular weight is 329 g/mol. The van der Waals surface area contributed by atoms with Crippen LogP contribution < -0.4 is 5.73 Å². The molecule has 0 radical (unpaired) electrons. The summed E-state index contributed by atoms with van der Waals surface area (Å²) in [5.41, 5.74) is 5.66. The van der Waals surface area contributed by atoms with Gasteiger partial charge in [0.05, 0.1) is 10.0 Å². The molecule has 3 N–H and O–H groups in total. The van der Waals surface area contributed by atoms with E-state index in [2.05, 4.69) is 15.9 Å². The molecule has 0 spiro atoms. The number of rotatable bonds is 3. The molecule has 0 unspecified atom stereocenters. The van der Waals surface area contributed by atoms with Crippen molar-refractivity contribution in [3.8, 4) is 5.75 Å². The molecule has 0 heterocycles. The average Bonchev–Trinajstić information content (AvgIpc) is 2.99. The van der Waals surface area contributed by atoms with E-state index in [1.54, 1.807) is 0 Å². The summed E-state index contributed by atoms with van der Waals surface area (Å²) in [6, 6.07) is 0.248. The van der Waals surface area contributed by atoms with E-state index >= 15 is 0 Å². The minimum atomic E-state index is -1.05. The van der Waals surface area contributed by atoms with E-state index in [9.17, 15) is 13.9 Å². The van der Waals surface area contributed by atoms with Crippen LogP contribution in [-0.2, 0) is 0 Å². The van der Waals surface area contributed by atoms with E-state index in [4.69, 9.17) is 5.73 Å². The summed E-state index contributed by atoms with van der Waals surface area (Å²) in [6.07, 6.45) is 2.74. The lowest BCUT2D eigenvalue weighted by Crippen LogP contribution is -2.14. The standard InChI is InChI=1S/C11H12BrF2NO.ClH/c12-6-4-7(13)10(14)9(11(6)16)8(15)3-5-1-2-5;/h4-5,8,16H,1-3,15H2;1H/t8-;/m1./s1. The van der Waals surface area contributed by atoms with Crippen LogP contribution in [0, 0.1) is 17.6 Å². The molecule has 6 heteroatoms. The molecule has 1 aliphatic carbocycles. The summed E-state index contributed by atoms with van der Waals surface area (Å²) < 4.78 is 26.8. The zero-order valence-electron chi connectivity index (χ0n) is 8.92. The van der Waals surface area contributed by atoms with E-state index in [-0.39, 0.29) is 28.2 Å². The van der Waals surface area contributed by atoms with E-state index in [1.165, 1.54) is 0 Å². The van der Waals surface area contributed by atoms with Crippen molar-refractivity contribution in [3.63, 3.8) is 0 Å². The van der Waals surface area contributed by atoms with Gasteiger partial charge < -0.3 is 10.8 Å². The van der Waals surface area contributed by atoms with Gasteiger partial charge in [-0.25, -0.2) is 8.78 Å². The number of hydrogen-bond donors (Lipinski definition) is 2. The molecule has 1 saturated carbocycles. The van der Waals surface area contributed by atoms with E-state index < -0.39 is 17.7 Å². The van der Waals surface area contributed by atoms with Gasteiger partial charge in [0.15, 0.2) is 11.6 Å². The SMILES string of the molecule is Cl.N[C@H](CC1CC1)c1c(O)c(Br)cc(F)c1F. The molecule has 0 amide bonds. The largest absolute Gasteiger partial charge is 0.506 e. The molecule has 1 aromatic carbocycles. The fraction of sp³-hybridized carbons (Fsp3) is 0.455. The topological polar surface area (TPSA) is 46.2 Å². The lowest BCUT2D eigenvalue weighted by atomic mass is 10.0. The molecule has 1 fully saturated rings. The third-order valence-electron chi connectivity index (χ3n) is 2.84. The molecule has 0 aliphatic heterocycles. The molecular formula is C11H13BrClF2NO. The smallest absolute Gasteiger partial charge is 0.167 e. The van der Waals surface area contributed by atoms with Crippen LogP contribution in [0.15, 0.2) is 10.5 Å². The highest BCUT2D eigenvalue weighted by Gasteiger charge is 2.29. The summed E-state index contributed by atoms with van der Waals surface area (Å²) in [5, 5.41) is 9.67. The highest BCUT2D eigenvalue weighted by Crippen LogP contribution is 2.41. The van der Waals surface area contributed by atoms with Crippen LogP contribution in [0.25, 0.3) is 0 Å². The fourth-order valence-corrected chi connectivity index (χ4v) is 2.19. The number of phenols is 1. The van der Waals surface area contributed by atoms with Gasteiger partial charge in [-0.2, -0.15) is 0 Å². The van der Waals surface area contributed by atoms with Crippen LogP contribution in [0.4, 0.5) is 8.78 Å². The Labute approximate surface area is 113 Å². The summed E-state index contributed by atoms with van der Waals surface area (Å²) in [6.45, 7) is 0. The molecule has 1 aromatic rings. The molecule has 1 atom stereocenters. The number of phenolic OH excluding ortho intramolecular Hbond substituents is 1. The van der Waals surface area contributed by atoms with Crippen molar-refractivity contribution in [1.82, 2.24) is 0 Å². The van der Waals surface area contributed by atoms with Crippen molar-refractivity contribution >= 4 is 28.3 Å². The van der Waals surface area contributed by atoms with Gasteiger partial charge in [0, 0.05) is 6.04 Å². The second kappa shape index (κ2) is 5.50. The van der Waals surface area contributed by atoms with Crippen molar-refractivity contribution in [2.24, 2.45) is 11.7 Å². The number of nitrogens with two attached hydrogens (primary N) is 1. The summed E-state index contributed by atoms with van der Waals surface area (Å²) in [4.78, 5) is 0. The first-order valence-corrected chi connectivity index (χ1v) is 5.92. The first-order valence-electron chi connectivity index (χ1n) is 5.12. The van der Waals surface area contributed by atoms with Gasteiger partial charge >= 0.3 is 0 Å². The van der Waals surface area contributed by atoms with Gasteiger partial charge in [-0.05, 0) is 34.3 Å². The predicted octanol–water partition coefficient (Wildman–Crippen LogP) is 3.65. The number of aromatic hydroxyl groups is 1. The second-order valence-corrected chi connectivity index (χ2v) is 5.06. The monoisotopic (exact) mass is 327 g/mol. The Kier molecular flexibility index (Phi) is 4.75. The Bertz CT molecular complexity index is 400. The number of hydrogen-bond acceptors (Lipinski definition) is 2. The van der Waals surface area contributed by atoms with Gasteiger partial charge in [0.2, 0.25) is 0 Å². The van der Waals surface area contributed by atoms with Gasteiger partial charge in [0.25, 0.3) is 0 Å². The maximum atomic E-state index is 13.5. The zero-order chi connectivity index (χ0) is 11.9. The zero-order valence-corrected chi connectivity index (χ0v) is 11.3. The van der Waals surface area contributed by atoms with Gasteiger partial charge in [-0.3, -0.25) is 0 Å². The minimum Gasteiger partial charge on any atom is -0.506 e. The second-order valence-electron chi connectivity index (χ2n) is 4.20. The van der Waals surface area contributed by atoms with Crippen molar-refractivity contribution in [3.05, 3.63) is 27.7 Å². The van der Waals surface area contributed by atoms with E-state index in [1.807, 2.05) is 0 Å². The van der Waals surface area contributed by atoms with Crippen LogP contribution >= 0.6 is 28.3 Å². The highest BCUT2D eigenvalue weighted by molar-refractivity contribution is 9.10. The van der Waals surface area contributed by atoms with Gasteiger partial charge in [0.1, 0.15) is 5.75 Å². The normalized spacial score (nSPS) is 16.5. The van der Waals surface area contributed by atoms with Crippen LogP contribution in [-0.4, -0.2) is 5.11 Å². The quantitative estimate of drug-likeness (QED) is 0.832. The summed E-state index contributed by atoms with van der Waals surface area (Å²) >= 11 is 2.97. The molecule has 2 nitrogen and oxygen atoms in total. The first-order chi connectivity index (χ1) is 7.50. The first kappa shape index (κ1) is 14.7. The predicted molar refractivity (Wildman–Crippen MR) is 67.2 cm³/mol. The molecule has 1 aliphatic rings. The Morgan fingerprint density at radius 1 is 1.47 bits per heavy atom. The molecule has 17 heavy (non-hydrogen) atoms. The highest BCUT2D eigenvalue weighted by atomic mass is 79.9. The third kappa shape index (κ3) is 3.09. The van der Waals surface area contributed by atoms with Crippen molar-refractivity contribution in [1.29, 1.82) is 0 Å². The van der Waals surface area contributed by atoms with Crippen molar-refractivity contribution < 1.29 is 13.9 Å². The third-order valence-corrected chi connectivity index (χ3v) is 3.44. The molecule has 96 valence electrons. The number of benzene rings is 1. The van der Waals surface area contributed by atoms with E-state index in [0.29, 0.717) is 12.3 Å². The van der Waals surface area contributed by atoms with Gasteiger partial charge in [-0.1, -0.05) is 12.8 Å². The molecule has 0 saturated heterocycles. The van der Waals surface area contributed by atoms with Crippen molar-refractivity contribution in [2.45, 2.75) is 25.3 Å². The lowest BCUT2D eigenvalue weighted by molar-refractivity contribution is 0.420. The molecular weight excluding hydrogens is 315 g/mol.